The van der Waals surface area contributed by atoms with E-state index in [1.165, 1.54) is 30.3 Å². The number of carbonyl (C=O) groups excluding carboxylic acids is 3. The van der Waals surface area contributed by atoms with Gasteiger partial charge in [0.25, 0.3) is 0 Å². The lowest BCUT2D eigenvalue weighted by Gasteiger charge is -2.19. The summed E-state index contributed by atoms with van der Waals surface area (Å²) in [4.78, 5) is 38.0. The maximum Gasteiger partial charge on any atom is 0.339 e. The molecule has 30 heavy (non-hydrogen) atoms. The van der Waals surface area contributed by atoms with Crippen molar-refractivity contribution in [1.82, 2.24) is 0 Å². The van der Waals surface area contributed by atoms with E-state index in [1.54, 1.807) is 30.3 Å². The Balaban J connectivity index is 1.50. The molecular formula is C23H14ClFO5. The van der Waals surface area contributed by atoms with Crippen LogP contribution in [0.5, 0.6) is 5.75 Å². The molecule has 3 aromatic carbocycles. The van der Waals surface area contributed by atoms with Gasteiger partial charge in [0.2, 0.25) is 0 Å². The van der Waals surface area contributed by atoms with E-state index in [-0.39, 0.29) is 52.0 Å². The van der Waals surface area contributed by atoms with Crippen LogP contribution in [-0.2, 0) is 4.74 Å². The fourth-order valence-corrected chi connectivity index (χ4v) is 3.56. The van der Waals surface area contributed by atoms with Crippen LogP contribution in [0.4, 0.5) is 4.39 Å². The summed E-state index contributed by atoms with van der Waals surface area (Å²) in [7, 11) is 0. The molecule has 1 aliphatic carbocycles. The van der Waals surface area contributed by atoms with Crippen molar-refractivity contribution < 1.29 is 28.2 Å². The second kappa shape index (κ2) is 8.08. The van der Waals surface area contributed by atoms with Crippen LogP contribution in [-0.4, -0.2) is 30.7 Å². The first kappa shape index (κ1) is 19.8. The summed E-state index contributed by atoms with van der Waals surface area (Å²) in [5.74, 6) is -2.02. The van der Waals surface area contributed by atoms with Gasteiger partial charge in [-0.05, 0) is 24.3 Å². The highest BCUT2D eigenvalue weighted by Gasteiger charge is 2.33. The lowest BCUT2D eigenvalue weighted by atomic mass is 9.83. The molecule has 0 bridgehead atoms. The second-order valence-electron chi connectivity index (χ2n) is 6.47. The number of benzene rings is 3. The van der Waals surface area contributed by atoms with Gasteiger partial charge in [0, 0.05) is 16.7 Å². The number of rotatable bonds is 5. The van der Waals surface area contributed by atoms with Gasteiger partial charge in [-0.2, -0.15) is 0 Å². The number of fused-ring (bicyclic) bond motifs is 2. The molecule has 0 atom stereocenters. The van der Waals surface area contributed by atoms with Crippen LogP contribution in [0.15, 0.2) is 60.7 Å². The first-order valence-corrected chi connectivity index (χ1v) is 9.42. The third-order valence-electron chi connectivity index (χ3n) is 4.66. The van der Waals surface area contributed by atoms with Crippen molar-refractivity contribution in [1.29, 1.82) is 0 Å². The highest BCUT2D eigenvalue weighted by atomic mass is 35.5. The summed E-state index contributed by atoms with van der Waals surface area (Å²) in [6.07, 6.45) is 0. The standard InChI is InChI=1S/C23H14ClFO5/c24-20-16(23(28)30-12-11-29-18-8-4-3-7-17(18)25)10-9-15-19(20)22(27)14-6-2-1-5-13(14)21(15)26/h1-10H,11-12H2. The van der Waals surface area contributed by atoms with Crippen LogP contribution < -0.4 is 4.74 Å². The molecule has 0 saturated heterocycles. The molecule has 0 spiro atoms. The molecule has 0 aliphatic heterocycles. The molecule has 0 N–H and O–H groups in total. The minimum absolute atomic E-state index is 0.0163. The van der Waals surface area contributed by atoms with Gasteiger partial charge in [0.15, 0.2) is 23.1 Å². The molecule has 0 amide bonds. The Morgan fingerprint density at radius 1 is 0.833 bits per heavy atom. The molecule has 5 nitrogen and oxygen atoms in total. The van der Waals surface area contributed by atoms with Gasteiger partial charge >= 0.3 is 5.97 Å². The first-order chi connectivity index (χ1) is 14.5. The van der Waals surface area contributed by atoms with Gasteiger partial charge in [-0.3, -0.25) is 9.59 Å². The number of hydrogen-bond donors (Lipinski definition) is 0. The first-order valence-electron chi connectivity index (χ1n) is 9.04. The maximum atomic E-state index is 13.5. The monoisotopic (exact) mass is 424 g/mol. The van der Waals surface area contributed by atoms with Crippen LogP contribution in [0.3, 0.4) is 0 Å². The molecule has 0 aromatic heterocycles. The van der Waals surface area contributed by atoms with Crippen molar-refractivity contribution in [3.63, 3.8) is 0 Å². The van der Waals surface area contributed by atoms with Crippen molar-refractivity contribution in [2.24, 2.45) is 0 Å². The van der Waals surface area contributed by atoms with Crippen LogP contribution in [0.1, 0.15) is 42.2 Å². The third-order valence-corrected chi connectivity index (χ3v) is 5.05. The summed E-state index contributed by atoms with van der Waals surface area (Å²) in [6.45, 7) is -0.226. The molecule has 4 rings (SSSR count). The normalized spacial score (nSPS) is 12.2. The Hall–Kier alpha value is -3.51. The van der Waals surface area contributed by atoms with E-state index >= 15 is 0 Å². The van der Waals surface area contributed by atoms with Gasteiger partial charge < -0.3 is 9.47 Å². The largest absolute Gasteiger partial charge is 0.487 e. The lowest BCUT2D eigenvalue weighted by Crippen LogP contribution is -2.22. The van der Waals surface area contributed by atoms with Gasteiger partial charge in [-0.1, -0.05) is 48.0 Å². The average Bonchev–Trinajstić information content (AvgIpc) is 2.76. The summed E-state index contributed by atoms with van der Waals surface area (Å²) in [5, 5.41) is -0.139. The van der Waals surface area contributed by atoms with E-state index in [0.29, 0.717) is 5.56 Å². The van der Waals surface area contributed by atoms with Crippen molar-refractivity contribution >= 4 is 29.1 Å². The molecule has 7 heteroatoms. The van der Waals surface area contributed by atoms with E-state index in [2.05, 4.69) is 0 Å². The van der Waals surface area contributed by atoms with Crippen LogP contribution in [0, 0.1) is 5.82 Å². The number of carbonyl (C=O) groups is 3. The van der Waals surface area contributed by atoms with Crippen molar-refractivity contribution in [2.45, 2.75) is 0 Å². The lowest BCUT2D eigenvalue weighted by molar-refractivity contribution is 0.0448. The van der Waals surface area contributed by atoms with Crippen LogP contribution >= 0.6 is 11.6 Å². The highest BCUT2D eigenvalue weighted by molar-refractivity contribution is 6.41. The van der Waals surface area contributed by atoms with Crippen molar-refractivity contribution in [2.75, 3.05) is 13.2 Å². The maximum absolute atomic E-state index is 13.5. The minimum atomic E-state index is -0.779. The predicted octanol–water partition coefficient (Wildman–Crippen LogP) is 4.49. The molecule has 0 heterocycles. The number of hydrogen-bond acceptors (Lipinski definition) is 5. The Bertz CT molecular complexity index is 1190. The number of ketones is 2. The Morgan fingerprint density at radius 3 is 2.23 bits per heavy atom. The smallest absolute Gasteiger partial charge is 0.339 e. The Kier molecular flexibility index (Phi) is 5.33. The molecule has 0 fully saturated rings. The second-order valence-corrected chi connectivity index (χ2v) is 6.85. The zero-order chi connectivity index (χ0) is 21.3. The van der Waals surface area contributed by atoms with Crippen molar-refractivity contribution in [3.8, 4) is 5.75 Å². The minimum Gasteiger partial charge on any atom is -0.487 e. The number of esters is 1. The fraction of sp³-hybridized carbons (Fsp3) is 0.0870. The topological polar surface area (TPSA) is 69.7 Å². The zero-order valence-corrected chi connectivity index (χ0v) is 16.2. The SMILES string of the molecule is O=C(OCCOc1ccccc1F)c1ccc2c(c1Cl)C(=O)c1ccccc1C2=O. The summed E-state index contributed by atoms with van der Waals surface area (Å²) in [5.41, 5.74) is 0.620. The van der Waals surface area contributed by atoms with E-state index in [0.717, 1.165) is 0 Å². The van der Waals surface area contributed by atoms with E-state index in [1.807, 2.05) is 0 Å². The van der Waals surface area contributed by atoms with Gasteiger partial charge in [0.1, 0.15) is 13.2 Å². The van der Waals surface area contributed by atoms with Gasteiger partial charge in [-0.15, -0.1) is 0 Å². The van der Waals surface area contributed by atoms with E-state index in [4.69, 9.17) is 21.1 Å². The zero-order valence-electron chi connectivity index (χ0n) is 15.5. The highest BCUT2D eigenvalue weighted by Crippen LogP contribution is 2.34. The van der Waals surface area contributed by atoms with E-state index in [9.17, 15) is 18.8 Å². The quantitative estimate of drug-likeness (QED) is 0.349. The van der Waals surface area contributed by atoms with Crippen LogP contribution in [0.2, 0.25) is 5.02 Å². The van der Waals surface area contributed by atoms with Crippen molar-refractivity contribution in [3.05, 3.63) is 99.3 Å². The summed E-state index contributed by atoms with van der Waals surface area (Å²) in [6, 6.07) is 15.0. The number of halogens is 2. The number of ether oxygens (including phenoxy) is 2. The Labute approximate surface area is 176 Å². The van der Waals surface area contributed by atoms with Gasteiger partial charge in [-0.25, -0.2) is 9.18 Å². The van der Waals surface area contributed by atoms with Crippen LogP contribution in [0.25, 0.3) is 0 Å². The average molecular weight is 425 g/mol. The molecule has 150 valence electrons. The summed E-state index contributed by atoms with van der Waals surface area (Å²) >= 11 is 6.32. The number of para-hydroxylation sites is 1. The molecule has 0 unspecified atom stereocenters. The van der Waals surface area contributed by atoms with E-state index < -0.39 is 17.6 Å². The third kappa shape index (κ3) is 3.46. The molecule has 3 aromatic rings. The Morgan fingerprint density at radius 2 is 1.50 bits per heavy atom. The summed E-state index contributed by atoms with van der Waals surface area (Å²) < 4.78 is 23.9. The fourth-order valence-electron chi connectivity index (χ4n) is 3.23. The molecule has 1 aliphatic rings. The van der Waals surface area contributed by atoms with Gasteiger partial charge in [0.05, 0.1) is 16.1 Å². The predicted molar refractivity (Wildman–Crippen MR) is 107 cm³/mol. The molecular weight excluding hydrogens is 411 g/mol. The molecule has 0 radical (unpaired) electrons. The molecule has 0 saturated carbocycles.